The van der Waals surface area contributed by atoms with E-state index in [0.29, 0.717) is 11.6 Å². The lowest BCUT2D eigenvalue weighted by atomic mass is 9.98. The van der Waals surface area contributed by atoms with Crippen molar-refractivity contribution < 1.29 is 18.7 Å². The predicted octanol–water partition coefficient (Wildman–Crippen LogP) is 5.01. The number of hydrazone groups is 1. The Morgan fingerprint density at radius 1 is 1.08 bits per heavy atom. The molecule has 3 aromatic rings. The van der Waals surface area contributed by atoms with E-state index in [9.17, 15) is 14.0 Å². The lowest BCUT2D eigenvalue weighted by Gasteiger charge is -2.23. The largest absolute Gasteiger partial charge is 0.497 e. The summed E-state index contributed by atoms with van der Waals surface area (Å²) in [6.45, 7) is 0. The van der Waals surface area contributed by atoms with Crippen molar-refractivity contribution >= 4 is 40.1 Å². The zero-order chi connectivity index (χ0) is 25.1. The Bertz CT molecular complexity index is 1340. The van der Waals surface area contributed by atoms with Crippen LogP contribution in [-0.4, -0.2) is 40.1 Å². The van der Waals surface area contributed by atoms with Crippen LogP contribution >= 0.6 is 11.8 Å². The molecule has 5 rings (SSSR count). The van der Waals surface area contributed by atoms with Gasteiger partial charge in [-0.25, -0.2) is 9.40 Å². The normalized spacial score (nSPS) is 19.2. The minimum absolute atomic E-state index is 0.0790. The molecule has 3 aromatic carbocycles. The molecule has 7 nitrogen and oxygen atoms in total. The number of hydrogen-bond acceptors (Lipinski definition) is 6. The molecular weight excluding hydrogens is 479 g/mol. The number of amidine groups is 1. The second-order valence-corrected chi connectivity index (χ2v) is 9.49. The van der Waals surface area contributed by atoms with Crippen LogP contribution in [0.5, 0.6) is 5.75 Å². The van der Waals surface area contributed by atoms with Gasteiger partial charge in [-0.1, -0.05) is 66.4 Å². The fraction of sp³-hybridized carbons (Fsp3) is 0.185. The molecule has 0 radical (unpaired) electrons. The molecule has 0 fully saturated rings. The summed E-state index contributed by atoms with van der Waals surface area (Å²) < 4.78 is 19.2. The first kappa shape index (κ1) is 23.7. The number of nitrogens with one attached hydrogen (secondary N) is 1. The van der Waals surface area contributed by atoms with E-state index in [1.165, 1.54) is 23.9 Å². The van der Waals surface area contributed by atoms with Gasteiger partial charge in [-0.2, -0.15) is 10.1 Å². The molecule has 2 heterocycles. The summed E-state index contributed by atoms with van der Waals surface area (Å²) in [5, 5.41) is 8.86. The van der Waals surface area contributed by atoms with E-state index in [1.807, 2.05) is 54.6 Å². The van der Waals surface area contributed by atoms with Gasteiger partial charge in [0.1, 0.15) is 16.8 Å². The van der Waals surface area contributed by atoms with E-state index in [-0.39, 0.29) is 18.2 Å². The smallest absolute Gasteiger partial charge is 0.262 e. The fourth-order valence-electron chi connectivity index (χ4n) is 4.11. The van der Waals surface area contributed by atoms with Crippen LogP contribution in [0.4, 0.5) is 10.1 Å². The Morgan fingerprint density at radius 2 is 1.81 bits per heavy atom. The molecule has 0 saturated carbocycles. The van der Waals surface area contributed by atoms with E-state index in [2.05, 4.69) is 10.3 Å². The topological polar surface area (TPSA) is 83.4 Å². The van der Waals surface area contributed by atoms with Gasteiger partial charge in [0, 0.05) is 12.8 Å². The van der Waals surface area contributed by atoms with Gasteiger partial charge in [-0.15, -0.1) is 0 Å². The number of thioether (sulfide) groups is 1. The number of benzene rings is 3. The number of hydrogen-bond donors (Lipinski definition) is 1. The number of aliphatic imine (C=N–C) groups is 1. The minimum Gasteiger partial charge on any atom is -0.497 e. The molecule has 2 amide bonds. The maximum atomic E-state index is 13.9. The number of halogens is 1. The van der Waals surface area contributed by atoms with Crippen molar-refractivity contribution in [3.8, 4) is 5.75 Å². The molecule has 2 aliphatic heterocycles. The van der Waals surface area contributed by atoms with Crippen LogP contribution in [0.2, 0.25) is 0 Å². The third-order valence-electron chi connectivity index (χ3n) is 5.96. The SMILES string of the molecule is COc1ccc([C@H]2CC(c3ccccc3)=NN2C2=NC(=O)[C@@H](CC(=O)Nc3ccccc3F)S2)cc1. The quantitative estimate of drug-likeness (QED) is 0.512. The lowest BCUT2D eigenvalue weighted by Crippen LogP contribution is -2.25. The molecule has 0 saturated heterocycles. The van der Waals surface area contributed by atoms with Crippen molar-refractivity contribution in [3.63, 3.8) is 0 Å². The zero-order valence-corrected chi connectivity index (χ0v) is 20.2. The van der Waals surface area contributed by atoms with E-state index >= 15 is 0 Å². The van der Waals surface area contributed by atoms with Crippen LogP contribution in [0.15, 0.2) is 89.0 Å². The maximum absolute atomic E-state index is 13.9. The molecule has 0 spiro atoms. The number of ether oxygens (including phenoxy) is 1. The Morgan fingerprint density at radius 3 is 2.53 bits per heavy atom. The van der Waals surface area contributed by atoms with Gasteiger partial charge in [-0.05, 0) is 35.4 Å². The summed E-state index contributed by atoms with van der Waals surface area (Å²) in [6.07, 6.45) is 0.504. The summed E-state index contributed by atoms with van der Waals surface area (Å²) in [5.41, 5.74) is 2.96. The first-order chi connectivity index (χ1) is 17.5. The Hall–Kier alpha value is -3.98. The molecule has 0 unspecified atom stereocenters. The summed E-state index contributed by atoms with van der Waals surface area (Å²) in [6, 6.07) is 23.3. The monoisotopic (exact) mass is 502 g/mol. The van der Waals surface area contributed by atoms with E-state index in [0.717, 1.165) is 22.6 Å². The molecule has 0 aliphatic carbocycles. The highest BCUT2D eigenvalue weighted by Gasteiger charge is 2.39. The first-order valence-electron chi connectivity index (χ1n) is 11.4. The summed E-state index contributed by atoms with van der Waals surface area (Å²) in [4.78, 5) is 29.5. The standard InChI is InChI=1S/C27H23FN4O3S/c1-35-19-13-11-18(12-14-19)23-15-22(17-7-3-2-4-8-17)31-32(23)27-30-26(34)24(36-27)16-25(33)29-21-10-6-5-9-20(21)28/h2-14,23-24H,15-16H2,1H3,(H,29,33)/t23-,24-/m1/s1. The van der Waals surface area contributed by atoms with Crippen molar-refractivity contribution in [2.24, 2.45) is 10.1 Å². The van der Waals surface area contributed by atoms with Crippen molar-refractivity contribution in [2.75, 3.05) is 12.4 Å². The van der Waals surface area contributed by atoms with Crippen molar-refractivity contribution in [1.29, 1.82) is 0 Å². The average Bonchev–Trinajstić information content (AvgIpc) is 3.50. The van der Waals surface area contributed by atoms with Gasteiger partial charge in [-0.3, -0.25) is 9.59 Å². The highest BCUT2D eigenvalue weighted by atomic mass is 32.2. The minimum atomic E-state index is -0.709. The van der Waals surface area contributed by atoms with Gasteiger partial charge in [0.25, 0.3) is 5.91 Å². The Kier molecular flexibility index (Phi) is 6.81. The van der Waals surface area contributed by atoms with E-state index in [1.54, 1.807) is 24.3 Å². The zero-order valence-electron chi connectivity index (χ0n) is 19.4. The predicted molar refractivity (Wildman–Crippen MR) is 139 cm³/mol. The average molecular weight is 503 g/mol. The number of rotatable bonds is 6. The molecule has 36 heavy (non-hydrogen) atoms. The first-order valence-corrected chi connectivity index (χ1v) is 12.3. The van der Waals surface area contributed by atoms with E-state index < -0.39 is 22.9 Å². The van der Waals surface area contributed by atoms with Crippen molar-refractivity contribution in [1.82, 2.24) is 5.01 Å². The molecule has 0 bridgehead atoms. The van der Waals surface area contributed by atoms with Gasteiger partial charge >= 0.3 is 0 Å². The number of methoxy groups -OCH3 is 1. The molecule has 1 N–H and O–H groups in total. The van der Waals surface area contributed by atoms with Crippen LogP contribution < -0.4 is 10.1 Å². The third kappa shape index (κ3) is 5.01. The van der Waals surface area contributed by atoms with E-state index in [4.69, 9.17) is 9.84 Å². The molecule has 0 aromatic heterocycles. The Balaban J connectivity index is 1.35. The van der Waals surface area contributed by atoms with Crippen LogP contribution in [-0.2, 0) is 9.59 Å². The van der Waals surface area contributed by atoms with Gasteiger partial charge < -0.3 is 10.1 Å². The van der Waals surface area contributed by atoms with Gasteiger partial charge in [0.05, 0.1) is 24.6 Å². The number of anilines is 1. The van der Waals surface area contributed by atoms with Gasteiger partial charge in [0.2, 0.25) is 5.91 Å². The second kappa shape index (κ2) is 10.3. The van der Waals surface area contributed by atoms with Crippen LogP contribution in [0, 0.1) is 5.82 Å². The Labute approximate surface area is 212 Å². The molecule has 182 valence electrons. The molecule has 9 heteroatoms. The lowest BCUT2D eigenvalue weighted by molar-refractivity contribution is -0.121. The van der Waals surface area contributed by atoms with Crippen molar-refractivity contribution in [2.45, 2.75) is 24.1 Å². The summed E-state index contributed by atoms with van der Waals surface area (Å²) in [5.74, 6) is -0.647. The molecule has 2 aliphatic rings. The highest BCUT2D eigenvalue weighted by molar-refractivity contribution is 8.15. The van der Waals surface area contributed by atoms with Crippen LogP contribution in [0.1, 0.15) is 30.0 Å². The summed E-state index contributed by atoms with van der Waals surface area (Å²) >= 11 is 1.20. The third-order valence-corrected chi connectivity index (χ3v) is 7.10. The van der Waals surface area contributed by atoms with Crippen LogP contribution in [0.3, 0.4) is 0 Å². The summed E-state index contributed by atoms with van der Waals surface area (Å²) in [7, 11) is 1.62. The maximum Gasteiger partial charge on any atom is 0.262 e. The highest BCUT2D eigenvalue weighted by Crippen LogP contribution is 2.39. The number of carbonyl (C=O) groups excluding carboxylic acids is 2. The number of carbonyl (C=O) groups is 2. The van der Waals surface area contributed by atoms with Crippen molar-refractivity contribution in [3.05, 3.63) is 95.8 Å². The second-order valence-electron chi connectivity index (χ2n) is 8.32. The number of nitrogens with zero attached hydrogens (tertiary/aromatic N) is 3. The van der Waals surface area contributed by atoms with Crippen LogP contribution in [0.25, 0.3) is 0 Å². The van der Waals surface area contributed by atoms with Gasteiger partial charge in [0.15, 0.2) is 5.17 Å². The molecule has 2 atom stereocenters. The number of amides is 2. The molecular formula is C27H23FN4O3S. The number of para-hydroxylation sites is 1. The fourth-order valence-corrected chi connectivity index (χ4v) is 5.18.